The SMILES string of the molecule is CCc1nn(-c2ccccc2)c2c1CN(C(=O)Nc1ccc(C)cc1Cl)C(c1ccc(F)cc1)c1cccn1-2. The molecule has 1 unspecified atom stereocenters. The molecular weight excluding hydrogens is 513 g/mol. The molecule has 8 heteroatoms. The molecule has 5 aromatic rings. The number of nitrogens with zero attached hydrogens (tertiary/aromatic N) is 4. The van der Waals surface area contributed by atoms with Crippen molar-refractivity contribution in [3.05, 3.63) is 130 Å². The molecule has 6 rings (SSSR count). The molecule has 2 amide bonds. The number of fused-ring (bicyclic) bond motifs is 3. The Kier molecular flexibility index (Phi) is 6.45. The first-order valence-corrected chi connectivity index (χ1v) is 13.3. The van der Waals surface area contributed by atoms with Gasteiger partial charge in [0.25, 0.3) is 0 Å². The first-order chi connectivity index (χ1) is 18.9. The van der Waals surface area contributed by atoms with Crippen LogP contribution in [0.25, 0.3) is 11.5 Å². The zero-order chi connectivity index (χ0) is 27.1. The fourth-order valence-electron chi connectivity index (χ4n) is 5.25. The molecule has 196 valence electrons. The molecule has 1 aliphatic rings. The van der Waals surface area contributed by atoms with Crippen LogP contribution in [0.5, 0.6) is 0 Å². The minimum absolute atomic E-state index is 0.296. The summed E-state index contributed by atoms with van der Waals surface area (Å²) >= 11 is 6.49. The van der Waals surface area contributed by atoms with Gasteiger partial charge < -0.3 is 14.8 Å². The third kappa shape index (κ3) is 4.49. The van der Waals surface area contributed by atoms with Crippen molar-refractivity contribution in [2.75, 3.05) is 5.32 Å². The van der Waals surface area contributed by atoms with E-state index in [-0.39, 0.29) is 11.8 Å². The Bertz CT molecular complexity index is 1660. The van der Waals surface area contributed by atoms with Crippen molar-refractivity contribution in [2.45, 2.75) is 32.9 Å². The fraction of sp³-hybridized carbons (Fsp3) is 0.161. The van der Waals surface area contributed by atoms with Gasteiger partial charge in [0, 0.05) is 11.8 Å². The Balaban J connectivity index is 1.54. The number of anilines is 1. The van der Waals surface area contributed by atoms with Gasteiger partial charge in [0.1, 0.15) is 11.6 Å². The zero-order valence-corrected chi connectivity index (χ0v) is 22.4. The summed E-state index contributed by atoms with van der Waals surface area (Å²) < 4.78 is 18.0. The van der Waals surface area contributed by atoms with Crippen molar-refractivity contribution in [3.63, 3.8) is 0 Å². The molecule has 0 saturated carbocycles. The minimum Gasteiger partial charge on any atom is -0.307 e. The number of carbonyl (C=O) groups is 1. The van der Waals surface area contributed by atoms with Crippen molar-refractivity contribution in [1.29, 1.82) is 0 Å². The summed E-state index contributed by atoms with van der Waals surface area (Å²) in [6, 6.07) is 25.0. The van der Waals surface area contributed by atoms with E-state index in [1.165, 1.54) is 12.1 Å². The molecule has 1 N–H and O–H groups in total. The van der Waals surface area contributed by atoms with Gasteiger partial charge in [-0.1, -0.05) is 54.9 Å². The van der Waals surface area contributed by atoms with Crippen molar-refractivity contribution in [1.82, 2.24) is 19.2 Å². The Morgan fingerprint density at radius 3 is 2.54 bits per heavy atom. The third-order valence-corrected chi connectivity index (χ3v) is 7.43. The average Bonchev–Trinajstić information content (AvgIpc) is 3.52. The predicted molar refractivity (Wildman–Crippen MR) is 151 cm³/mol. The number of hydrogen-bond donors (Lipinski definition) is 1. The van der Waals surface area contributed by atoms with Gasteiger partial charge in [0.15, 0.2) is 0 Å². The standard InChI is InChI=1S/C31H27ClFN5O/c1-3-26-24-19-37(31(39)34-27-16-11-20(2)18-25(27)32)29(21-12-14-22(33)15-13-21)28-10-7-17-36(28)30(24)38(35-26)23-8-5-4-6-9-23/h4-18,29H,3,19H2,1-2H3,(H,34,39). The summed E-state index contributed by atoms with van der Waals surface area (Å²) in [6.07, 6.45) is 2.68. The summed E-state index contributed by atoms with van der Waals surface area (Å²) in [4.78, 5) is 15.8. The van der Waals surface area contributed by atoms with Gasteiger partial charge in [-0.05, 0) is 73.0 Å². The highest BCUT2D eigenvalue weighted by Crippen LogP contribution is 2.39. The number of amides is 2. The second kappa shape index (κ2) is 10.1. The summed E-state index contributed by atoms with van der Waals surface area (Å²) in [7, 11) is 0. The predicted octanol–water partition coefficient (Wildman–Crippen LogP) is 7.46. The van der Waals surface area contributed by atoms with Crippen molar-refractivity contribution in [3.8, 4) is 11.5 Å². The molecular formula is C31H27ClFN5O. The summed E-state index contributed by atoms with van der Waals surface area (Å²) in [5.41, 5.74) is 5.97. The van der Waals surface area contributed by atoms with Crippen LogP contribution >= 0.6 is 11.6 Å². The van der Waals surface area contributed by atoms with Crippen LogP contribution < -0.4 is 5.32 Å². The number of carbonyl (C=O) groups excluding carboxylic acids is 1. The largest absolute Gasteiger partial charge is 0.323 e. The monoisotopic (exact) mass is 539 g/mol. The first kappa shape index (κ1) is 24.9. The average molecular weight is 540 g/mol. The van der Waals surface area contributed by atoms with Crippen LogP contribution in [-0.4, -0.2) is 25.3 Å². The molecule has 0 saturated heterocycles. The molecule has 0 fully saturated rings. The molecule has 0 bridgehead atoms. The zero-order valence-electron chi connectivity index (χ0n) is 21.6. The van der Waals surface area contributed by atoms with E-state index in [0.717, 1.165) is 39.6 Å². The number of aryl methyl sites for hydroxylation is 2. The highest BCUT2D eigenvalue weighted by Gasteiger charge is 2.36. The maximum atomic E-state index is 14.1. The van der Waals surface area contributed by atoms with E-state index in [1.54, 1.807) is 23.1 Å². The van der Waals surface area contributed by atoms with E-state index in [9.17, 15) is 9.18 Å². The van der Waals surface area contributed by atoms with Gasteiger partial charge in [0.05, 0.1) is 40.4 Å². The maximum absolute atomic E-state index is 14.1. The second-order valence-electron chi connectivity index (χ2n) is 9.65. The molecule has 3 aromatic carbocycles. The van der Waals surface area contributed by atoms with E-state index < -0.39 is 6.04 Å². The van der Waals surface area contributed by atoms with Crippen LogP contribution in [0.15, 0.2) is 91.1 Å². The number of halogens is 2. The van der Waals surface area contributed by atoms with Gasteiger partial charge in [-0.2, -0.15) is 5.10 Å². The molecule has 0 aliphatic carbocycles. The number of para-hydroxylation sites is 1. The lowest BCUT2D eigenvalue weighted by atomic mass is 10.0. The minimum atomic E-state index is -0.494. The molecule has 6 nitrogen and oxygen atoms in total. The van der Waals surface area contributed by atoms with E-state index in [4.69, 9.17) is 16.7 Å². The van der Waals surface area contributed by atoms with Gasteiger partial charge >= 0.3 is 6.03 Å². The summed E-state index contributed by atoms with van der Waals surface area (Å²) in [5.74, 6) is 0.551. The third-order valence-electron chi connectivity index (χ3n) is 7.12. The lowest BCUT2D eigenvalue weighted by Gasteiger charge is -2.31. The lowest BCUT2D eigenvalue weighted by molar-refractivity contribution is 0.194. The van der Waals surface area contributed by atoms with E-state index in [0.29, 0.717) is 23.7 Å². The second-order valence-corrected chi connectivity index (χ2v) is 10.1. The van der Waals surface area contributed by atoms with Gasteiger partial charge in [-0.25, -0.2) is 13.9 Å². The molecule has 1 aliphatic heterocycles. The van der Waals surface area contributed by atoms with Gasteiger partial charge in [0.2, 0.25) is 0 Å². The number of benzene rings is 3. The van der Waals surface area contributed by atoms with Crippen LogP contribution in [0.1, 0.15) is 41.0 Å². The summed E-state index contributed by atoms with van der Waals surface area (Å²) in [6.45, 7) is 4.31. The Morgan fingerprint density at radius 1 is 1.05 bits per heavy atom. The molecule has 3 heterocycles. The van der Waals surface area contributed by atoms with Gasteiger partial charge in [-0.15, -0.1) is 0 Å². The molecule has 0 radical (unpaired) electrons. The maximum Gasteiger partial charge on any atom is 0.323 e. The Morgan fingerprint density at radius 2 is 1.82 bits per heavy atom. The number of hydrogen-bond acceptors (Lipinski definition) is 2. The topological polar surface area (TPSA) is 55.1 Å². The van der Waals surface area contributed by atoms with Crippen LogP contribution in [0.2, 0.25) is 5.02 Å². The highest BCUT2D eigenvalue weighted by molar-refractivity contribution is 6.33. The molecule has 1 atom stereocenters. The van der Waals surface area contributed by atoms with Crippen molar-refractivity contribution in [2.24, 2.45) is 0 Å². The van der Waals surface area contributed by atoms with E-state index >= 15 is 0 Å². The number of aromatic nitrogens is 3. The van der Waals surface area contributed by atoms with Crippen LogP contribution in [-0.2, 0) is 13.0 Å². The molecule has 39 heavy (non-hydrogen) atoms. The number of urea groups is 1. The van der Waals surface area contributed by atoms with E-state index in [2.05, 4.69) is 16.8 Å². The van der Waals surface area contributed by atoms with Crippen LogP contribution in [0, 0.1) is 12.7 Å². The van der Waals surface area contributed by atoms with Crippen LogP contribution in [0.3, 0.4) is 0 Å². The molecule has 0 spiro atoms. The van der Waals surface area contributed by atoms with Crippen molar-refractivity contribution < 1.29 is 9.18 Å². The summed E-state index contributed by atoms with van der Waals surface area (Å²) in [5, 5.41) is 8.46. The number of nitrogens with one attached hydrogen (secondary N) is 1. The molecule has 2 aromatic heterocycles. The quantitative estimate of drug-likeness (QED) is 0.258. The Hall–Kier alpha value is -4.36. The number of rotatable bonds is 4. The first-order valence-electron chi connectivity index (χ1n) is 12.9. The fourth-order valence-corrected chi connectivity index (χ4v) is 5.53. The Labute approximate surface area is 231 Å². The van der Waals surface area contributed by atoms with Crippen LogP contribution in [0.4, 0.5) is 14.9 Å². The van der Waals surface area contributed by atoms with Crippen molar-refractivity contribution >= 4 is 23.3 Å². The van der Waals surface area contributed by atoms with Gasteiger partial charge in [-0.3, -0.25) is 0 Å². The normalized spacial score (nSPS) is 14.5. The smallest absolute Gasteiger partial charge is 0.307 e. The lowest BCUT2D eigenvalue weighted by Crippen LogP contribution is -2.38. The highest BCUT2D eigenvalue weighted by atomic mass is 35.5. The van der Waals surface area contributed by atoms with E-state index in [1.807, 2.05) is 72.4 Å².